The Labute approximate surface area is 98.0 Å². The van der Waals surface area contributed by atoms with Crippen LogP contribution < -0.4 is 0 Å². The van der Waals surface area contributed by atoms with Gasteiger partial charge >= 0.3 is 0 Å². The predicted molar refractivity (Wildman–Crippen MR) is 64.2 cm³/mol. The lowest BCUT2D eigenvalue weighted by Crippen LogP contribution is -2.31. The number of unbranched alkanes of at least 4 members (excludes halogenated alkanes) is 3. The average molecular weight is 232 g/mol. The minimum Gasteiger partial charge on any atom is -0.343 e. The van der Waals surface area contributed by atoms with Gasteiger partial charge in [0.2, 0.25) is 5.91 Å². The zero-order chi connectivity index (χ0) is 10.9. The van der Waals surface area contributed by atoms with E-state index in [1.807, 2.05) is 4.90 Å². The maximum Gasteiger partial charge on any atom is 0.222 e. The van der Waals surface area contributed by atoms with E-state index in [9.17, 15) is 4.79 Å². The van der Waals surface area contributed by atoms with Crippen molar-refractivity contribution in [3.63, 3.8) is 0 Å². The lowest BCUT2D eigenvalue weighted by molar-refractivity contribution is -0.130. The topological polar surface area (TPSA) is 20.3 Å². The van der Waals surface area contributed by atoms with Crippen LogP contribution in [0.3, 0.4) is 0 Å². The Kier molecular flexibility index (Phi) is 6.82. The highest BCUT2D eigenvalue weighted by molar-refractivity contribution is 6.17. The van der Waals surface area contributed by atoms with E-state index in [4.69, 9.17) is 11.6 Å². The number of hydrogen-bond acceptors (Lipinski definition) is 1. The van der Waals surface area contributed by atoms with Crippen LogP contribution in [0.2, 0.25) is 0 Å². The molecule has 0 unspecified atom stereocenters. The molecule has 0 atom stereocenters. The predicted octanol–water partition coefficient (Wildman–Crippen LogP) is 3.19. The highest BCUT2D eigenvalue weighted by Gasteiger charge is 2.15. The fraction of sp³-hybridized carbons (Fsp3) is 0.917. The summed E-state index contributed by atoms with van der Waals surface area (Å²) in [5.74, 6) is 1.13. The van der Waals surface area contributed by atoms with Crippen molar-refractivity contribution in [1.29, 1.82) is 0 Å². The molecule has 3 heteroatoms. The Bertz CT molecular complexity index is 184. The summed E-state index contributed by atoms with van der Waals surface area (Å²) in [6.07, 6.45) is 8.91. The van der Waals surface area contributed by atoms with Crippen LogP contribution in [-0.2, 0) is 4.79 Å². The molecule has 1 aliphatic rings. The van der Waals surface area contributed by atoms with Gasteiger partial charge in [-0.1, -0.05) is 19.3 Å². The lowest BCUT2D eigenvalue weighted by atomic mass is 10.2. The summed E-state index contributed by atoms with van der Waals surface area (Å²) < 4.78 is 0. The SMILES string of the molecule is O=C1CCCCCN1CCCCCCCl. The van der Waals surface area contributed by atoms with E-state index in [0.29, 0.717) is 5.91 Å². The van der Waals surface area contributed by atoms with E-state index in [1.165, 1.54) is 25.7 Å². The lowest BCUT2D eigenvalue weighted by Gasteiger charge is -2.20. The molecule has 0 aromatic carbocycles. The van der Waals surface area contributed by atoms with Crippen molar-refractivity contribution in [2.45, 2.75) is 51.4 Å². The van der Waals surface area contributed by atoms with Crippen LogP contribution in [0.25, 0.3) is 0 Å². The van der Waals surface area contributed by atoms with Gasteiger partial charge < -0.3 is 4.90 Å². The summed E-state index contributed by atoms with van der Waals surface area (Å²) in [5, 5.41) is 0. The smallest absolute Gasteiger partial charge is 0.222 e. The maximum atomic E-state index is 11.6. The fourth-order valence-electron chi connectivity index (χ4n) is 2.03. The molecule has 1 rings (SSSR count). The van der Waals surface area contributed by atoms with Gasteiger partial charge in [-0.2, -0.15) is 0 Å². The van der Waals surface area contributed by atoms with Gasteiger partial charge in [-0.15, -0.1) is 11.6 Å². The number of alkyl halides is 1. The first kappa shape index (κ1) is 12.8. The van der Waals surface area contributed by atoms with E-state index in [1.54, 1.807) is 0 Å². The molecule has 0 radical (unpaired) electrons. The van der Waals surface area contributed by atoms with E-state index in [-0.39, 0.29) is 0 Å². The highest BCUT2D eigenvalue weighted by Crippen LogP contribution is 2.12. The van der Waals surface area contributed by atoms with Gasteiger partial charge in [0.05, 0.1) is 0 Å². The number of carbonyl (C=O) groups is 1. The molecule has 0 aromatic heterocycles. The molecule has 1 aliphatic heterocycles. The summed E-state index contributed by atoms with van der Waals surface area (Å²) in [5.41, 5.74) is 0. The fourth-order valence-corrected chi connectivity index (χ4v) is 2.21. The molecular weight excluding hydrogens is 210 g/mol. The van der Waals surface area contributed by atoms with Crippen LogP contribution >= 0.6 is 11.6 Å². The van der Waals surface area contributed by atoms with Crippen molar-refractivity contribution in [3.05, 3.63) is 0 Å². The van der Waals surface area contributed by atoms with Gasteiger partial charge in [-0.05, 0) is 25.7 Å². The zero-order valence-electron chi connectivity index (χ0n) is 9.51. The van der Waals surface area contributed by atoms with Gasteiger partial charge in [0, 0.05) is 25.4 Å². The maximum absolute atomic E-state index is 11.6. The van der Waals surface area contributed by atoms with Crippen molar-refractivity contribution in [3.8, 4) is 0 Å². The normalized spacial score (nSPS) is 17.9. The molecular formula is C12H22ClNO. The van der Waals surface area contributed by atoms with Crippen molar-refractivity contribution in [1.82, 2.24) is 4.90 Å². The van der Waals surface area contributed by atoms with Gasteiger partial charge in [0.15, 0.2) is 0 Å². The first-order chi connectivity index (χ1) is 7.34. The van der Waals surface area contributed by atoms with Crippen LogP contribution in [-0.4, -0.2) is 29.8 Å². The Morgan fingerprint density at radius 3 is 2.67 bits per heavy atom. The minimum absolute atomic E-state index is 0.366. The molecule has 0 aromatic rings. The molecule has 1 saturated heterocycles. The Hall–Kier alpha value is -0.240. The van der Waals surface area contributed by atoms with Crippen LogP contribution in [0.4, 0.5) is 0 Å². The third-order valence-corrected chi connectivity index (χ3v) is 3.25. The summed E-state index contributed by atoms with van der Waals surface area (Å²) in [4.78, 5) is 13.7. The molecule has 0 saturated carbocycles. The summed E-state index contributed by atoms with van der Waals surface area (Å²) >= 11 is 5.61. The van der Waals surface area contributed by atoms with Crippen molar-refractivity contribution >= 4 is 17.5 Å². The molecule has 88 valence electrons. The van der Waals surface area contributed by atoms with Crippen LogP contribution in [0.5, 0.6) is 0 Å². The Balaban J connectivity index is 2.10. The number of hydrogen-bond donors (Lipinski definition) is 0. The summed E-state index contributed by atoms with van der Waals surface area (Å²) in [7, 11) is 0. The highest BCUT2D eigenvalue weighted by atomic mass is 35.5. The molecule has 0 bridgehead atoms. The van der Waals surface area contributed by atoms with Crippen LogP contribution in [0, 0.1) is 0 Å². The molecule has 15 heavy (non-hydrogen) atoms. The largest absolute Gasteiger partial charge is 0.343 e. The second kappa shape index (κ2) is 7.98. The standard InChI is InChI=1S/C12H22ClNO/c13-9-5-1-2-6-10-14-11-7-3-4-8-12(14)15/h1-11H2. The molecule has 1 amide bonds. The van der Waals surface area contributed by atoms with E-state index in [2.05, 4.69) is 0 Å². The van der Waals surface area contributed by atoms with E-state index in [0.717, 1.165) is 44.7 Å². The quantitative estimate of drug-likeness (QED) is 0.508. The minimum atomic E-state index is 0.366. The summed E-state index contributed by atoms with van der Waals surface area (Å²) in [6.45, 7) is 1.94. The Morgan fingerprint density at radius 2 is 1.87 bits per heavy atom. The molecule has 0 aliphatic carbocycles. The third-order valence-electron chi connectivity index (χ3n) is 2.98. The second-order valence-corrected chi connectivity index (χ2v) is 4.67. The van der Waals surface area contributed by atoms with E-state index < -0.39 is 0 Å². The molecule has 2 nitrogen and oxygen atoms in total. The monoisotopic (exact) mass is 231 g/mol. The summed E-state index contributed by atoms with van der Waals surface area (Å²) in [6, 6.07) is 0. The van der Waals surface area contributed by atoms with E-state index >= 15 is 0 Å². The van der Waals surface area contributed by atoms with Crippen LogP contribution in [0.1, 0.15) is 51.4 Å². The number of rotatable bonds is 6. The van der Waals surface area contributed by atoms with Gasteiger partial charge in [0.25, 0.3) is 0 Å². The third kappa shape index (κ3) is 5.41. The molecule has 1 fully saturated rings. The molecule has 1 heterocycles. The van der Waals surface area contributed by atoms with Crippen LogP contribution in [0.15, 0.2) is 0 Å². The number of halogens is 1. The number of nitrogens with zero attached hydrogens (tertiary/aromatic N) is 1. The number of likely N-dealkylation sites (tertiary alicyclic amines) is 1. The molecule has 0 N–H and O–H groups in total. The molecule has 0 spiro atoms. The second-order valence-electron chi connectivity index (χ2n) is 4.29. The van der Waals surface area contributed by atoms with Crippen molar-refractivity contribution in [2.24, 2.45) is 0 Å². The van der Waals surface area contributed by atoms with Crippen molar-refractivity contribution < 1.29 is 4.79 Å². The zero-order valence-corrected chi connectivity index (χ0v) is 10.3. The average Bonchev–Trinajstić information content (AvgIpc) is 2.44. The van der Waals surface area contributed by atoms with Gasteiger partial charge in [0.1, 0.15) is 0 Å². The first-order valence-corrected chi connectivity index (χ1v) is 6.72. The van der Waals surface area contributed by atoms with Gasteiger partial charge in [-0.25, -0.2) is 0 Å². The van der Waals surface area contributed by atoms with Crippen molar-refractivity contribution in [2.75, 3.05) is 19.0 Å². The Morgan fingerprint density at radius 1 is 1.07 bits per heavy atom. The first-order valence-electron chi connectivity index (χ1n) is 6.18. The number of amides is 1. The van der Waals surface area contributed by atoms with Gasteiger partial charge in [-0.3, -0.25) is 4.79 Å². The number of carbonyl (C=O) groups excluding carboxylic acids is 1.